The summed E-state index contributed by atoms with van der Waals surface area (Å²) in [6.07, 6.45) is 5.00. The Kier molecular flexibility index (Phi) is 4.42. The van der Waals surface area contributed by atoms with Crippen molar-refractivity contribution in [1.82, 2.24) is 0 Å². The summed E-state index contributed by atoms with van der Waals surface area (Å²) in [4.78, 5) is 0.692. The molecule has 2 aromatic rings. The summed E-state index contributed by atoms with van der Waals surface area (Å²) in [7, 11) is 0. The Morgan fingerprint density at radius 3 is 2.94 bits per heavy atom. The van der Waals surface area contributed by atoms with Gasteiger partial charge in [-0.15, -0.1) is 11.3 Å². The van der Waals surface area contributed by atoms with Crippen LogP contribution in [0.25, 0.3) is 10.1 Å². The van der Waals surface area contributed by atoms with Gasteiger partial charge in [-0.2, -0.15) is 0 Å². The highest BCUT2D eigenvalue weighted by atomic mass is 79.9. The molecule has 0 nitrogen and oxygen atoms in total. The lowest BCUT2D eigenvalue weighted by Gasteiger charge is -2.05. The lowest BCUT2D eigenvalue weighted by atomic mass is 10.1. The smallest absolute Gasteiger partial charge is 0.0345 e. The zero-order valence-corrected chi connectivity index (χ0v) is 12.0. The van der Waals surface area contributed by atoms with Crippen LogP contribution in [-0.2, 0) is 6.42 Å². The number of hydrogen-bond donors (Lipinski definition) is 0. The zero-order chi connectivity index (χ0) is 11.4. The molecule has 0 spiro atoms. The van der Waals surface area contributed by atoms with Gasteiger partial charge in [-0.3, -0.25) is 0 Å². The monoisotopic (exact) mass is 296 g/mol. The Morgan fingerprint density at radius 1 is 1.31 bits per heavy atom. The molecule has 86 valence electrons. The third kappa shape index (κ3) is 2.86. The average Bonchev–Trinajstić information content (AvgIpc) is 2.73. The lowest BCUT2D eigenvalue weighted by Crippen LogP contribution is -1.95. The van der Waals surface area contributed by atoms with E-state index in [1.165, 1.54) is 41.3 Å². The van der Waals surface area contributed by atoms with Gasteiger partial charge >= 0.3 is 0 Å². The predicted molar refractivity (Wildman–Crippen MR) is 77.8 cm³/mol. The summed E-state index contributed by atoms with van der Waals surface area (Å²) < 4.78 is 1.42. The Labute approximate surface area is 110 Å². The van der Waals surface area contributed by atoms with E-state index in [1.807, 2.05) is 11.3 Å². The second-order valence-corrected chi connectivity index (χ2v) is 6.36. The molecule has 0 saturated carbocycles. The highest BCUT2D eigenvalue weighted by Gasteiger charge is 2.05. The molecule has 2 rings (SSSR count). The van der Waals surface area contributed by atoms with Crippen molar-refractivity contribution in [2.75, 3.05) is 0 Å². The lowest BCUT2D eigenvalue weighted by molar-refractivity contribution is 0.692. The van der Waals surface area contributed by atoms with Crippen LogP contribution in [0.15, 0.2) is 29.6 Å². The third-order valence-corrected chi connectivity index (χ3v) is 5.09. The Balaban J connectivity index is 1.99. The summed E-state index contributed by atoms with van der Waals surface area (Å²) in [5, 5.41) is 3.77. The molecule has 1 unspecified atom stereocenters. The molecular weight excluding hydrogens is 280 g/mol. The van der Waals surface area contributed by atoms with Gasteiger partial charge in [0.15, 0.2) is 0 Å². The van der Waals surface area contributed by atoms with E-state index in [0.717, 1.165) is 0 Å². The van der Waals surface area contributed by atoms with Gasteiger partial charge in [0, 0.05) is 9.53 Å². The molecule has 0 aliphatic heterocycles. The minimum Gasteiger partial charge on any atom is -0.144 e. The number of rotatable bonds is 5. The largest absolute Gasteiger partial charge is 0.144 e. The van der Waals surface area contributed by atoms with Gasteiger partial charge in [0.25, 0.3) is 0 Å². The molecule has 0 aliphatic rings. The van der Waals surface area contributed by atoms with Gasteiger partial charge in [0.05, 0.1) is 0 Å². The molecule has 1 atom stereocenters. The summed E-state index contributed by atoms with van der Waals surface area (Å²) in [6.45, 7) is 2.24. The van der Waals surface area contributed by atoms with Gasteiger partial charge in [-0.1, -0.05) is 41.1 Å². The molecule has 1 aromatic carbocycles. The van der Waals surface area contributed by atoms with Gasteiger partial charge in [0.1, 0.15) is 0 Å². The van der Waals surface area contributed by atoms with E-state index in [1.54, 1.807) is 0 Å². The molecule has 0 amide bonds. The molecule has 0 N–H and O–H groups in total. The maximum atomic E-state index is 3.69. The molecule has 1 heterocycles. The van der Waals surface area contributed by atoms with Crippen LogP contribution in [0.2, 0.25) is 0 Å². The van der Waals surface area contributed by atoms with Crippen molar-refractivity contribution in [3.63, 3.8) is 0 Å². The summed E-state index contributed by atoms with van der Waals surface area (Å²) >= 11 is 5.56. The van der Waals surface area contributed by atoms with Crippen molar-refractivity contribution in [3.05, 3.63) is 35.2 Å². The fourth-order valence-electron chi connectivity index (χ4n) is 1.94. The first-order valence-electron chi connectivity index (χ1n) is 5.90. The van der Waals surface area contributed by atoms with Crippen LogP contribution in [-0.4, -0.2) is 4.83 Å². The van der Waals surface area contributed by atoms with Gasteiger partial charge in [-0.05, 0) is 48.1 Å². The van der Waals surface area contributed by atoms with E-state index in [0.29, 0.717) is 4.83 Å². The molecule has 1 aromatic heterocycles. The minimum absolute atomic E-state index is 0.692. The molecule has 0 bridgehead atoms. The molecule has 16 heavy (non-hydrogen) atoms. The standard InChI is InChI=1S/C14H17BrS/c1-2-12(15)7-5-6-11-10-16-14-9-4-3-8-13(11)14/h3-4,8-10,12H,2,5-7H2,1H3. The summed E-state index contributed by atoms with van der Waals surface area (Å²) in [5.41, 5.74) is 1.52. The van der Waals surface area contributed by atoms with E-state index in [4.69, 9.17) is 0 Å². The van der Waals surface area contributed by atoms with Crippen LogP contribution in [0.5, 0.6) is 0 Å². The van der Waals surface area contributed by atoms with E-state index >= 15 is 0 Å². The maximum absolute atomic E-state index is 3.69. The maximum Gasteiger partial charge on any atom is 0.0345 e. The number of thiophene rings is 1. The van der Waals surface area contributed by atoms with Crippen LogP contribution >= 0.6 is 27.3 Å². The number of benzene rings is 1. The second-order valence-electron chi connectivity index (χ2n) is 4.15. The molecule has 0 radical (unpaired) electrons. The van der Waals surface area contributed by atoms with Crippen molar-refractivity contribution < 1.29 is 0 Å². The van der Waals surface area contributed by atoms with Crippen molar-refractivity contribution >= 4 is 37.4 Å². The Morgan fingerprint density at radius 2 is 2.12 bits per heavy atom. The third-order valence-electron chi connectivity index (χ3n) is 2.97. The highest BCUT2D eigenvalue weighted by molar-refractivity contribution is 9.09. The van der Waals surface area contributed by atoms with E-state index in [9.17, 15) is 0 Å². The first-order valence-corrected chi connectivity index (χ1v) is 7.70. The van der Waals surface area contributed by atoms with Crippen LogP contribution < -0.4 is 0 Å². The van der Waals surface area contributed by atoms with Crippen LogP contribution in [0.3, 0.4) is 0 Å². The van der Waals surface area contributed by atoms with E-state index < -0.39 is 0 Å². The number of halogens is 1. The normalized spacial score (nSPS) is 13.1. The predicted octanol–water partition coefficient (Wildman–Crippen LogP) is 5.40. The summed E-state index contributed by atoms with van der Waals surface area (Å²) in [5.74, 6) is 0. The second kappa shape index (κ2) is 5.83. The van der Waals surface area contributed by atoms with Crippen LogP contribution in [0.4, 0.5) is 0 Å². The van der Waals surface area contributed by atoms with Crippen LogP contribution in [0, 0.1) is 0 Å². The minimum atomic E-state index is 0.692. The molecule has 2 heteroatoms. The fraction of sp³-hybridized carbons (Fsp3) is 0.429. The molecule has 0 saturated heterocycles. The summed E-state index contributed by atoms with van der Waals surface area (Å²) in [6, 6.07) is 8.71. The number of alkyl halides is 1. The molecular formula is C14H17BrS. The van der Waals surface area contributed by atoms with Crippen molar-refractivity contribution in [2.45, 2.75) is 37.4 Å². The molecule has 0 aliphatic carbocycles. The Bertz CT molecular complexity index is 447. The van der Waals surface area contributed by atoms with Crippen molar-refractivity contribution in [2.24, 2.45) is 0 Å². The fourth-order valence-corrected chi connectivity index (χ4v) is 3.27. The number of aryl methyl sites for hydroxylation is 1. The van der Waals surface area contributed by atoms with Crippen LogP contribution in [0.1, 0.15) is 31.7 Å². The number of fused-ring (bicyclic) bond motifs is 1. The van der Waals surface area contributed by atoms with Crippen molar-refractivity contribution in [3.8, 4) is 0 Å². The SMILES string of the molecule is CCC(Br)CCCc1csc2ccccc12. The zero-order valence-electron chi connectivity index (χ0n) is 9.58. The average molecular weight is 297 g/mol. The first kappa shape index (κ1) is 12.1. The van der Waals surface area contributed by atoms with E-state index in [-0.39, 0.29) is 0 Å². The highest BCUT2D eigenvalue weighted by Crippen LogP contribution is 2.27. The first-order chi connectivity index (χ1) is 7.81. The van der Waals surface area contributed by atoms with Gasteiger partial charge in [-0.25, -0.2) is 0 Å². The quantitative estimate of drug-likeness (QED) is 0.648. The van der Waals surface area contributed by atoms with Gasteiger partial charge < -0.3 is 0 Å². The molecule has 0 fully saturated rings. The van der Waals surface area contributed by atoms with Crippen molar-refractivity contribution in [1.29, 1.82) is 0 Å². The van der Waals surface area contributed by atoms with Gasteiger partial charge in [0.2, 0.25) is 0 Å². The topological polar surface area (TPSA) is 0 Å². The Hall–Kier alpha value is -0.340. The number of hydrogen-bond acceptors (Lipinski definition) is 1. The van der Waals surface area contributed by atoms with E-state index in [2.05, 4.69) is 52.5 Å².